The molecule has 34 heavy (non-hydrogen) atoms. The van der Waals surface area contributed by atoms with E-state index >= 15 is 0 Å². The third kappa shape index (κ3) is 4.17. The van der Waals surface area contributed by atoms with Crippen LogP contribution in [0.15, 0.2) is 77.6 Å². The number of benzene rings is 3. The summed E-state index contributed by atoms with van der Waals surface area (Å²) in [7, 11) is 0. The third-order valence-electron chi connectivity index (χ3n) is 5.75. The van der Waals surface area contributed by atoms with Crippen molar-refractivity contribution in [2.24, 2.45) is 0 Å². The summed E-state index contributed by atoms with van der Waals surface area (Å²) in [5, 5.41) is 0.452. The lowest BCUT2D eigenvalue weighted by Gasteiger charge is -2.30. The molecule has 0 N–H and O–H groups in total. The van der Waals surface area contributed by atoms with Gasteiger partial charge in [0.05, 0.1) is 34.8 Å². The molecule has 0 aliphatic heterocycles. The first-order chi connectivity index (χ1) is 16.5. The molecule has 0 fully saturated rings. The van der Waals surface area contributed by atoms with E-state index in [4.69, 9.17) is 9.72 Å². The molecule has 1 amide bonds. The van der Waals surface area contributed by atoms with E-state index < -0.39 is 17.8 Å². The number of nitrogens with zero attached hydrogens (tertiary/aromatic N) is 3. The second-order valence-corrected chi connectivity index (χ2v) is 7.78. The first kappa shape index (κ1) is 23.2. The maximum absolute atomic E-state index is 14.4. The fourth-order valence-corrected chi connectivity index (χ4v) is 4.10. The third-order valence-corrected chi connectivity index (χ3v) is 5.75. The van der Waals surface area contributed by atoms with Crippen LogP contribution in [0.1, 0.15) is 43.0 Å². The number of hydrogen-bond acceptors (Lipinski definition) is 4. The average Bonchev–Trinajstić information content (AvgIpc) is 2.85. The predicted octanol–water partition coefficient (Wildman–Crippen LogP) is 5.15. The summed E-state index contributed by atoms with van der Waals surface area (Å²) in [4.78, 5) is 33.4. The highest BCUT2D eigenvalue weighted by Gasteiger charge is 2.28. The number of carbonyl (C=O) groups excluding carboxylic acids is 1. The molecule has 4 rings (SSSR count). The fourth-order valence-electron chi connectivity index (χ4n) is 4.10. The number of para-hydroxylation sites is 3. The molecule has 0 saturated carbocycles. The van der Waals surface area contributed by atoms with E-state index in [1.165, 1.54) is 21.6 Å². The van der Waals surface area contributed by atoms with Gasteiger partial charge in [-0.15, -0.1) is 0 Å². The Morgan fingerprint density at radius 2 is 1.71 bits per heavy atom. The SMILES string of the molecule is CCOc1ccccc1-n1c(C(C)N(CC)C(=O)c2ccccc2F)nc2ccccc2c1=O. The zero-order chi connectivity index (χ0) is 24.2. The second kappa shape index (κ2) is 9.87. The molecule has 0 saturated heterocycles. The molecule has 1 heterocycles. The summed E-state index contributed by atoms with van der Waals surface area (Å²) < 4.78 is 21.7. The first-order valence-electron chi connectivity index (χ1n) is 11.3. The van der Waals surface area contributed by atoms with E-state index in [0.717, 1.165) is 0 Å². The number of hydrogen-bond donors (Lipinski definition) is 0. The lowest BCUT2D eigenvalue weighted by molar-refractivity contribution is 0.0688. The fraction of sp³-hybridized carbons (Fsp3) is 0.222. The van der Waals surface area contributed by atoms with Crippen LogP contribution in [0.4, 0.5) is 4.39 Å². The standard InChI is InChI=1S/C27H26FN3O3/c1-4-30(26(32)19-12-6-8-14-21(19)28)18(3)25-29-22-15-9-7-13-20(22)27(33)31(25)23-16-10-11-17-24(23)34-5-2/h6-18H,4-5H2,1-3H3. The minimum Gasteiger partial charge on any atom is -0.492 e. The van der Waals surface area contributed by atoms with Gasteiger partial charge in [0.2, 0.25) is 0 Å². The van der Waals surface area contributed by atoms with Crippen LogP contribution in [0.5, 0.6) is 5.75 Å². The Kier molecular flexibility index (Phi) is 6.72. The van der Waals surface area contributed by atoms with Crippen molar-refractivity contribution in [2.75, 3.05) is 13.2 Å². The second-order valence-electron chi connectivity index (χ2n) is 7.78. The van der Waals surface area contributed by atoms with Crippen molar-refractivity contribution >= 4 is 16.8 Å². The summed E-state index contributed by atoms with van der Waals surface area (Å²) in [6, 6.07) is 19.5. The van der Waals surface area contributed by atoms with Crippen molar-refractivity contribution in [2.45, 2.75) is 26.8 Å². The summed E-state index contributed by atoms with van der Waals surface area (Å²) in [6.07, 6.45) is 0. The summed E-state index contributed by atoms with van der Waals surface area (Å²) in [5.41, 5.74) is 0.757. The smallest absolute Gasteiger partial charge is 0.266 e. The molecule has 7 heteroatoms. The van der Waals surface area contributed by atoms with E-state index in [1.807, 2.05) is 32.0 Å². The van der Waals surface area contributed by atoms with Crippen molar-refractivity contribution in [3.8, 4) is 11.4 Å². The topological polar surface area (TPSA) is 64.4 Å². The Morgan fingerprint density at radius 1 is 1.03 bits per heavy atom. The van der Waals surface area contributed by atoms with Gasteiger partial charge in [-0.1, -0.05) is 36.4 Å². The zero-order valence-electron chi connectivity index (χ0n) is 19.4. The molecule has 1 unspecified atom stereocenters. The van der Waals surface area contributed by atoms with Crippen LogP contribution < -0.4 is 10.3 Å². The predicted molar refractivity (Wildman–Crippen MR) is 130 cm³/mol. The summed E-state index contributed by atoms with van der Waals surface area (Å²) in [5.74, 6) is -0.174. The number of halogens is 1. The van der Waals surface area contributed by atoms with Gasteiger partial charge >= 0.3 is 0 Å². The Bertz CT molecular complexity index is 1400. The molecule has 0 spiro atoms. The van der Waals surface area contributed by atoms with Gasteiger partial charge in [0.25, 0.3) is 11.5 Å². The molecule has 6 nitrogen and oxygen atoms in total. The number of fused-ring (bicyclic) bond motifs is 1. The average molecular weight is 460 g/mol. The minimum absolute atomic E-state index is 0.0272. The van der Waals surface area contributed by atoms with Crippen molar-refractivity contribution in [1.29, 1.82) is 0 Å². The monoisotopic (exact) mass is 459 g/mol. The van der Waals surface area contributed by atoms with E-state index in [-0.39, 0.29) is 11.1 Å². The van der Waals surface area contributed by atoms with Gasteiger partial charge in [-0.3, -0.25) is 14.2 Å². The number of carbonyl (C=O) groups is 1. The molecule has 0 aliphatic rings. The maximum Gasteiger partial charge on any atom is 0.266 e. The van der Waals surface area contributed by atoms with Gasteiger partial charge in [-0.2, -0.15) is 0 Å². The van der Waals surface area contributed by atoms with Gasteiger partial charge in [-0.25, -0.2) is 9.37 Å². The van der Waals surface area contributed by atoms with Crippen LogP contribution in [-0.4, -0.2) is 33.5 Å². The van der Waals surface area contributed by atoms with Crippen LogP contribution in [0.25, 0.3) is 16.6 Å². The Balaban J connectivity index is 1.94. The van der Waals surface area contributed by atoms with E-state index in [0.29, 0.717) is 41.3 Å². The van der Waals surface area contributed by atoms with Crippen LogP contribution in [0, 0.1) is 5.82 Å². The van der Waals surface area contributed by atoms with E-state index in [2.05, 4.69) is 0 Å². The van der Waals surface area contributed by atoms with Crippen molar-refractivity contribution < 1.29 is 13.9 Å². The normalized spacial score (nSPS) is 11.9. The van der Waals surface area contributed by atoms with Crippen molar-refractivity contribution in [1.82, 2.24) is 14.5 Å². The van der Waals surface area contributed by atoms with Gasteiger partial charge < -0.3 is 9.64 Å². The Hall–Kier alpha value is -4.00. The van der Waals surface area contributed by atoms with Gasteiger partial charge in [0, 0.05) is 6.54 Å². The summed E-state index contributed by atoms with van der Waals surface area (Å²) >= 11 is 0. The maximum atomic E-state index is 14.4. The van der Waals surface area contributed by atoms with Gasteiger partial charge in [-0.05, 0) is 57.2 Å². The number of ether oxygens (including phenoxy) is 1. The lowest BCUT2D eigenvalue weighted by Crippen LogP contribution is -2.37. The molecule has 0 bridgehead atoms. The molecular weight excluding hydrogens is 433 g/mol. The molecule has 4 aromatic rings. The van der Waals surface area contributed by atoms with E-state index in [1.54, 1.807) is 49.4 Å². The van der Waals surface area contributed by atoms with Crippen LogP contribution >= 0.6 is 0 Å². The highest BCUT2D eigenvalue weighted by molar-refractivity contribution is 5.94. The van der Waals surface area contributed by atoms with Gasteiger partial charge in [0.1, 0.15) is 17.4 Å². The van der Waals surface area contributed by atoms with Crippen molar-refractivity contribution in [3.05, 3.63) is 100 Å². The van der Waals surface area contributed by atoms with Crippen LogP contribution in [-0.2, 0) is 0 Å². The molecule has 0 aliphatic carbocycles. The quantitative estimate of drug-likeness (QED) is 0.384. The summed E-state index contributed by atoms with van der Waals surface area (Å²) in [6.45, 7) is 6.19. The number of amides is 1. The van der Waals surface area contributed by atoms with Crippen LogP contribution in [0.3, 0.4) is 0 Å². The highest BCUT2D eigenvalue weighted by atomic mass is 19.1. The van der Waals surface area contributed by atoms with E-state index in [9.17, 15) is 14.0 Å². The molecule has 1 aromatic heterocycles. The number of aromatic nitrogens is 2. The van der Waals surface area contributed by atoms with Gasteiger partial charge in [0.15, 0.2) is 0 Å². The van der Waals surface area contributed by atoms with Crippen molar-refractivity contribution in [3.63, 3.8) is 0 Å². The minimum atomic E-state index is -0.635. The molecule has 0 radical (unpaired) electrons. The molecular formula is C27H26FN3O3. The lowest BCUT2D eigenvalue weighted by atomic mass is 10.1. The highest BCUT2D eigenvalue weighted by Crippen LogP contribution is 2.28. The molecule has 1 atom stereocenters. The Labute approximate surface area is 197 Å². The Morgan fingerprint density at radius 3 is 2.44 bits per heavy atom. The molecule has 174 valence electrons. The first-order valence-corrected chi connectivity index (χ1v) is 11.3. The van der Waals surface area contributed by atoms with Crippen LogP contribution in [0.2, 0.25) is 0 Å². The largest absolute Gasteiger partial charge is 0.492 e. The molecule has 3 aromatic carbocycles. The zero-order valence-corrected chi connectivity index (χ0v) is 19.4. The number of rotatable bonds is 7.